The largest absolute Gasteiger partial charge is 0.491 e. The molecule has 3 nitrogen and oxygen atoms in total. The number of rotatable bonds is 7. The van der Waals surface area contributed by atoms with Gasteiger partial charge in [-0.1, -0.05) is 29.3 Å². The average molecular weight is 337 g/mol. The lowest BCUT2D eigenvalue weighted by atomic mass is 10.2. The van der Waals surface area contributed by atoms with Crippen molar-refractivity contribution in [3.05, 3.63) is 58.3 Å². The second-order valence-electron chi connectivity index (χ2n) is 5.49. The molecule has 0 unspecified atom stereocenters. The van der Waals surface area contributed by atoms with Gasteiger partial charge >= 0.3 is 0 Å². The zero-order valence-electron chi connectivity index (χ0n) is 12.2. The summed E-state index contributed by atoms with van der Waals surface area (Å²) in [5.41, 5.74) is 1.23. The average Bonchev–Trinajstić information content (AvgIpc) is 3.35. The summed E-state index contributed by atoms with van der Waals surface area (Å²) in [4.78, 5) is 6.62. The molecule has 5 heteroatoms. The lowest BCUT2D eigenvalue weighted by Gasteiger charge is -2.22. The first-order valence-corrected chi connectivity index (χ1v) is 8.19. The molecule has 0 bridgehead atoms. The van der Waals surface area contributed by atoms with Crippen LogP contribution in [0.15, 0.2) is 42.7 Å². The summed E-state index contributed by atoms with van der Waals surface area (Å²) in [6, 6.07) is 10.0. The quantitative estimate of drug-likeness (QED) is 0.747. The maximum atomic E-state index is 6.11. The molecule has 116 valence electrons. The van der Waals surface area contributed by atoms with Crippen LogP contribution in [-0.4, -0.2) is 29.1 Å². The molecule has 3 rings (SSSR count). The van der Waals surface area contributed by atoms with E-state index in [1.165, 1.54) is 18.4 Å². The minimum Gasteiger partial charge on any atom is -0.491 e. The number of nitrogens with zero attached hydrogens (tertiary/aromatic N) is 2. The zero-order valence-corrected chi connectivity index (χ0v) is 13.7. The highest BCUT2D eigenvalue weighted by molar-refractivity contribution is 6.34. The van der Waals surface area contributed by atoms with E-state index < -0.39 is 0 Å². The molecule has 0 aliphatic heterocycles. The third kappa shape index (κ3) is 4.35. The Labute approximate surface area is 140 Å². The SMILES string of the molecule is Clc1ccc(Cl)c(OCCN(Cc2cccnc2)C2CC2)c1. The predicted molar refractivity (Wildman–Crippen MR) is 89.6 cm³/mol. The van der Waals surface area contributed by atoms with Crippen LogP contribution >= 0.6 is 23.2 Å². The van der Waals surface area contributed by atoms with Gasteiger partial charge in [-0.05, 0) is 36.6 Å². The minimum absolute atomic E-state index is 0.592. The van der Waals surface area contributed by atoms with Gasteiger partial charge in [0, 0.05) is 42.6 Å². The molecule has 1 fully saturated rings. The van der Waals surface area contributed by atoms with Crippen molar-refractivity contribution in [3.8, 4) is 5.75 Å². The Hall–Kier alpha value is -1.29. The Bertz CT molecular complexity index is 617. The van der Waals surface area contributed by atoms with Crippen LogP contribution in [0.2, 0.25) is 10.0 Å². The van der Waals surface area contributed by atoms with Crippen molar-refractivity contribution >= 4 is 23.2 Å². The fraction of sp³-hybridized carbons (Fsp3) is 0.353. The number of pyridine rings is 1. The number of benzene rings is 1. The molecule has 1 aromatic heterocycles. The lowest BCUT2D eigenvalue weighted by molar-refractivity contribution is 0.195. The molecule has 1 heterocycles. The van der Waals surface area contributed by atoms with E-state index in [0.717, 1.165) is 13.1 Å². The van der Waals surface area contributed by atoms with E-state index in [9.17, 15) is 0 Å². The summed E-state index contributed by atoms with van der Waals surface area (Å²) in [5.74, 6) is 0.645. The smallest absolute Gasteiger partial charge is 0.139 e. The predicted octanol–water partition coefficient (Wildman–Crippen LogP) is 4.43. The summed E-state index contributed by atoms with van der Waals surface area (Å²) in [5, 5.41) is 1.23. The Morgan fingerprint density at radius 3 is 2.82 bits per heavy atom. The van der Waals surface area contributed by atoms with Crippen molar-refractivity contribution in [2.75, 3.05) is 13.2 Å². The summed E-state index contributed by atoms with van der Waals surface area (Å²) in [6.07, 6.45) is 6.25. The Morgan fingerprint density at radius 1 is 1.23 bits per heavy atom. The number of aromatic nitrogens is 1. The minimum atomic E-state index is 0.592. The molecule has 0 radical (unpaired) electrons. The Kier molecular flexibility index (Phi) is 5.19. The van der Waals surface area contributed by atoms with Crippen molar-refractivity contribution in [2.24, 2.45) is 0 Å². The van der Waals surface area contributed by atoms with Gasteiger partial charge in [0.15, 0.2) is 0 Å². The standard InChI is InChI=1S/C17H18Cl2N2O/c18-14-3-6-16(19)17(10-14)22-9-8-21(15-4-5-15)12-13-2-1-7-20-11-13/h1-3,6-7,10-11,15H,4-5,8-9,12H2. The van der Waals surface area contributed by atoms with Crippen molar-refractivity contribution in [2.45, 2.75) is 25.4 Å². The van der Waals surface area contributed by atoms with Crippen LogP contribution in [0, 0.1) is 0 Å². The Balaban J connectivity index is 1.55. The van der Waals surface area contributed by atoms with Crippen LogP contribution in [0.3, 0.4) is 0 Å². The van der Waals surface area contributed by atoms with E-state index in [1.807, 2.05) is 12.3 Å². The van der Waals surface area contributed by atoms with E-state index >= 15 is 0 Å². The zero-order chi connectivity index (χ0) is 15.4. The fourth-order valence-electron chi connectivity index (χ4n) is 2.42. The van der Waals surface area contributed by atoms with Gasteiger partial charge in [-0.3, -0.25) is 9.88 Å². The van der Waals surface area contributed by atoms with Crippen molar-refractivity contribution in [1.82, 2.24) is 9.88 Å². The topological polar surface area (TPSA) is 25.4 Å². The highest BCUT2D eigenvalue weighted by Gasteiger charge is 2.28. The number of ether oxygens (including phenoxy) is 1. The third-order valence-electron chi connectivity index (χ3n) is 3.70. The monoisotopic (exact) mass is 336 g/mol. The van der Waals surface area contributed by atoms with E-state index in [0.29, 0.717) is 28.4 Å². The van der Waals surface area contributed by atoms with Gasteiger partial charge in [-0.25, -0.2) is 0 Å². The van der Waals surface area contributed by atoms with Crippen molar-refractivity contribution in [1.29, 1.82) is 0 Å². The van der Waals surface area contributed by atoms with Crippen LogP contribution in [-0.2, 0) is 6.54 Å². The number of hydrogen-bond acceptors (Lipinski definition) is 3. The van der Waals surface area contributed by atoms with Gasteiger partial charge in [-0.15, -0.1) is 0 Å². The van der Waals surface area contributed by atoms with Crippen LogP contribution in [0.25, 0.3) is 0 Å². The molecular formula is C17H18Cl2N2O. The summed E-state index contributed by atoms with van der Waals surface area (Å²) in [6.45, 7) is 2.37. The first-order chi connectivity index (χ1) is 10.7. The molecule has 0 saturated heterocycles. The van der Waals surface area contributed by atoms with E-state index in [2.05, 4.69) is 16.0 Å². The molecule has 0 amide bonds. The molecule has 1 saturated carbocycles. The summed E-state index contributed by atoms with van der Waals surface area (Å²) in [7, 11) is 0. The number of halogens is 2. The van der Waals surface area contributed by atoms with E-state index in [4.69, 9.17) is 27.9 Å². The van der Waals surface area contributed by atoms with Gasteiger partial charge in [0.1, 0.15) is 12.4 Å². The van der Waals surface area contributed by atoms with Crippen molar-refractivity contribution < 1.29 is 4.74 Å². The van der Waals surface area contributed by atoms with Crippen LogP contribution in [0.1, 0.15) is 18.4 Å². The molecule has 22 heavy (non-hydrogen) atoms. The van der Waals surface area contributed by atoms with Crippen LogP contribution < -0.4 is 4.74 Å². The Morgan fingerprint density at radius 2 is 2.09 bits per heavy atom. The second-order valence-corrected chi connectivity index (χ2v) is 6.33. The molecule has 0 N–H and O–H groups in total. The maximum absolute atomic E-state index is 6.11. The normalized spacial score (nSPS) is 14.3. The van der Waals surface area contributed by atoms with Gasteiger partial charge in [-0.2, -0.15) is 0 Å². The van der Waals surface area contributed by atoms with Crippen LogP contribution in [0.5, 0.6) is 5.75 Å². The van der Waals surface area contributed by atoms with E-state index in [1.54, 1.807) is 24.4 Å². The van der Waals surface area contributed by atoms with Crippen molar-refractivity contribution in [3.63, 3.8) is 0 Å². The van der Waals surface area contributed by atoms with Gasteiger partial charge in [0.2, 0.25) is 0 Å². The van der Waals surface area contributed by atoms with Gasteiger partial charge < -0.3 is 4.74 Å². The highest BCUT2D eigenvalue weighted by Crippen LogP contribution is 2.29. The molecule has 1 aliphatic rings. The van der Waals surface area contributed by atoms with Crippen LogP contribution in [0.4, 0.5) is 0 Å². The first kappa shape index (κ1) is 15.6. The third-order valence-corrected chi connectivity index (χ3v) is 4.25. The first-order valence-electron chi connectivity index (χ1n) is 7.43. The molecule has 1 aromatic carbocycles. The van der Waals surface area contributed by atoms with Gasteiger partial charge in [0.05, 0.1) is 5.02 Å². The summed E-state index contributed by atoms with van der Waals surface area (Å²) < 4.78 is 5.79. The highest BCUT2D eigenvalue weighted by atomic mass is 35.5. The molecule has 0 atom stereocenters. The molecule has 1 aliphatic carbocycles. The van der Waals surface area contributed by atoms with E-state index in [-0.39, 0.29) is 0 Å². The molecule has 2 aromatic rings. The fourth-order valence-corrected chi connectivity index (χ4v) is 2.75. The molecular weight excluding hydrogens is 319 g/mol. The molecule has 0 spiro atoms. The van der Waals surface area contributed by atoms with Gasteiger partial charge in [0.25, 0.3) is 0 Å². The summed E-state index contributed by atoms with van der Waals surface area (Å²) >= 11 is 12.1. The second kappa shape index (κ2) is 7.32. The number of hydrogen-bond donors (Lipinski definition) is 0. The lowest BCUT2D eigenvalue weighted by Crippen LogP contribution is -2.30. The maximum Gasteiger partial charge on any atom is 0.139 e.